The lowest BCUT2D eigenvalue weighted by Gasteiger charge is -2.04. The quantitative estimate of drug-likeness (QED) is 0.822. The Labute approximate surface area is 108 Å². The Balaban J connectivity index is 1.85. The fourth-order valence-electron chi connectivity index (χ4n) is 1.31. The number of rotatable bonds is 5. The van der Waals surface area contributed by atoms with Crippen molar-refractivity contribution in [3.63, 3.8) is 0 Å². The molecule has 2 aromatic rings. The van der Waals surface area contributed by atoms with Gasteiger partial charge in [-0.15, -0.1) is 11.3 Å². The van der Waals surface area contributed by atoms with Crippen LogP contribution in [0, 0.1) is 0 Å². The highest BCUT2D eigenvalue weighted by Gasteiger charge is 2.06. The van der Waals surface area contributed by atoms with Crippen LogP contribution in [0.4, 0.5) is 5.82 Å². The molecule has 0 aliphatic carbocycles. The molecule has 0 radical (unpaired) electrons. The van der Waals surface area contributed by atoms with Gasteiger partial charge in [-0.3, -0.25) is 0 Å². The monoisotopic (exact) mass is 264 g/mol. The number of methoxy groups -OCH3 is 1. The Hall–Kier alpha value is -2.02. The van der Waals surface area contributed by atoms with Crippen LogP contribution < -0.4 is 5.32 Å². The van der Waals surface area contributed by atoms with Crippen molar-refractivity contribution >= 4 is 23.1 Å². The third-order valence-corrected chi connectivity index (χ3v) is 2.85. The van der Waals surface area contributed by atoms with Gasteiger partial charge in [0, 0.05) is 18.3 Å². The minimum absolute atomic E-state index is 0.197. The van der Waals surface area contributed by atoms with E-state index in [1.54, 1.807) is 16.8 Å². The van der Waals surface area contributed by atoms with Gasteiger partial charge in [0.05, 0.1) is 30.7 Å². The molecule has 0 unspecified atom stereocenters. The third-order valence-electron chi connectivity index (χ3n) is 2.22. The minimum atomic E-state index is -0.489. The molecule has 1 N–H and O–H groups in total. The Bertz CT molecular complexity index is 498. The summed E-state index contributed by atoms with van der Waals surface area (Å²) in [5, 5.41) is 5.11. The van der Waals surface area contributed by atoms with Gasteiger partial charge in [-0.1, -0.05) is 0 Å². The lowest BCUT2D eigenvalue weighted by atomic mass is 10.3. The molecule has 0 amide bonds. The molecule has 0 fully saturated rings. The summed E-state index contributed by atoms with van der Waals surface area (Å²) >= 11 is 1.58. The fourth-order valence-corrected chi connectivity index (χ4v) is 1.90. The second kappa shape index (κ2) is 6.06. The second-order valence-corrected chi connectivity index (χ2v) is 4.15. The van der Waals surface area contributed by atoms with Crippen molar-refractivity contribution in [1.29, 1.82) is 0 Å². The molecule has 0 spiro atoms. The highest BCUT2D eigenvalue weighted by Crippen LogP contribution is 2.04. The summed E-state index contributed by atoms with van der Waals surface area (Å²) < 4.78 is 4.54. The summed E-state index contributed by atoms with van der Waals surface area (Å²) in [6, 6.07) is 0. The van der Waals surface area contributed by atoms with E-state index < -0.39 is 5.97 Å². The Morgan fingerprint density at radius 1 is 1.39 bits per heavy atom. The van der Waals surface area contributed by atoms with Crippen LogP contribution in [0.1, 0.15) is 16.2 Å². The smallest absolute Gasteiger partial charge is 0.358 e. The van der Waals surface area contributed by atoms with Crippen molar-refractivity contribution in [2.45, 2.75) is 6.42 Å². The van der Waals surface area contributed by atoms with Gasteiger partial charge < -0.3 is 10.1 Å². The second-order valence-electron chi connectivity index (χ2n) is 3.44. The molecule has 0 saturated carbocycles. The van der Waals surface area contributed by atoms with Crippen LogP contribution in [-0.2, 0) is 11.2 Å². The van der Waals surface area contributed by atoms with Gasteiger partial charge in [0.15, 0.2) is 5.69 Å². The van der Waals surface area contributed by atoms with Crippen molar-refractivity contribution in [2.75, 3.05) is 19.0 Å². The summed E-state index contributed by atoms with van der Waals surface area (Å²) in [6.45, 7) is 0.718. The van der Waals surface area contributed by atoms with E-state index >= 15 is 0 Å². The van der Waals surface area contributed by atoms with E-state index in [0.717, 1.165) is 18.7 Å². The van der Waals surface area contributed by atoms with E-state index in [1.165, 1.54) is 19.5 Å². The standard InChI is InChI=1S/C11H12N4O2S/c1-17-11(16)9-4-14-10(5-13-9)12-3-2-8-6-18-7-15-8/h4-7H,2-3H2,1H3,(H,12,14). The van der Waals surface area contributed by atoms with Gasteiger partial charge in [-0.2, -0.15) is 0 Å². The van der Waals surface area contributed by atoms with Crippen molar-refractivity contribution in [1.82, 2.24) is 15.0 Å². The van der Waals surface area contributed by atoms with Crippen molar-refractivity contribution < 1.29 is 9.53 Å². The van der Waals surface area contributed by atoms with E-state index in [9.17, 15) is 4.79 Å². The Morgan fingerprint density at radius 2 is 2.28 bits per heavy atom. The van der Waals surface area contributed by atoms with Crippen LogP contribution in [0.15, 0.2) is 23.3 Å². The van der Waals surface area contributed by atoms with Gasteiger partial charge in [0.2, 0.25) is 0 Å². The summed E-state index contributed by atoms with van der Waals surface area (Å²) in [6.07, 6.45) is 3.72. The molecular formula is C11H12N4O2S. The van der Waals surface area contributed by atoms with Gasteiger partial charge in [-0.25, -0.2) is 19.7 Å². The topological polar surface area (TPSA) is 77.0 Å². The minimum Gasteiger partial charge on any atom is -0.464 e. The number of hydrogen-bond donors (Lipinski definition) is 1. The van der Waals surface area contributed by atoms with Crippen LogP contribution in [0.3, 0.4) is 0 Å². The molecule has 0 aliphatic heterocycles. The number of carbonyl (C=O) groups excluding carboxylic acids is 1. The van der Waals surface area contributed by atoms with Gasteiger partial charge in [0.25, 0.3) is 0 Å². The normalized spacial score (nSPS) is 10.1. The number of ether oxygens (including phenoxy) is 1. The number of anilines is 1. The number of nitrogens with zero attached hydrogens (tertiary/aromatic N) is 3. The molecule has 6 nitrogen and oxygen atoms in total. The number of thiazole rings is 1. The average Bonchev–Trinajstić information content (AvgIpc) is 2.92. The number of esters is 1. The van der Waals surface area contributed by atoms with Crippen LogP contribution in [0.25, 0.3) is 0 Å². The maximum atomic E-state index is 11.1. The molecule has 2 aromatic heterocycles. The van der Waals surface area contributed by atoms with Gasteiger partial charge >= 0.3 is 5.97 Å². The molecule has 7 heteroatoms. The molecule has 0 atom stereocenters. The molecule has 0 aliphatic rings. The zero-order chi connectivity index (χ0) is 12.8. The first kappa shape index (κ1) is 12.4. The van der Waals surface area contributed by atoms with Crippen LogP contribution in [0.5, 0.6) is 0 Å². The maximum Gasteiger partial charge on any atom is 0.358 e. The van der Waals surface area contributed by atoms with E-state index in [0.29, 0.717) is 5.82 Å². The van der Waals surface area contributed by atoms with Gasteiger partial charge in [-0.05, 0) is 0 Å². The van der Waals surface area contributed by atoms with E-state index in [2.05, 4.69) is 25.0 Å². The van der Waals surface area contributed by atoms with E-state index in [1.807, 2.05) is 5.38 Å². The molecule has 0 saturated heterocycles. The first-order valence-electron chi connectivity index (χ1n) is 5.31. The van der Waals surface area contributed by atoms with Gasteiger partial charge in [0.1, 0.15) is 5.82 Å². The summed E-state index contributed by atoms with van der Waals surface area (Å²) in [5.41, 5.74) is 3.05. The summed E-state index contributed by atoms with van der Waals surface area (Å²) in [4.78, 5) is 23.3. The molecule has 94 valence electrons. The highest BCUT2D eigenvalue weighted by molar-refractivity contribution is 7.07. The van der Waals surface area contributed by atoms with E-state index in [4.69, 9.17) is 0 Å². The number of hydrogen-bond acceptors (Lipinski definition) is 7. The zero-order valence-electron chi connectivity index (χ0n) is 9.79. The third kappa shape index (κ3) is 3.24. The molecule has 2 heterocycles. The van der Waals surface area contributed by atoms with Crippen LogP contribution in [-0.4, -0.2) is 34.6 Å². The number of aromatic nitrogens is 3. The Morgan fingerprint density at radius 3 is 2.89 bits per heavy atom. The largest absolute Gasteiger partial charge is 0.464 e. The Kier molecular flexibility index (Phi) is 4.19. The number of nitrogens with one attached hydrogen (secondary N) is 1. The predicted octanol–water partition coefficient (Wildman–Crippen LogP) is 1.37. The molecule has 18 heavy (non-hydrogen) atoms. The molecular weight excluding hydrogens is 252 g/mol. The number of carbonyl (C=O) groups is 1. The highest BCUT2D eigenvalue weighted by atomic mass is 32.1. The van der Waals surface area contributed by atoms with Crippen LogP contribution >= 0.6 is 11.3 Å². The lowest BCUT2D eigenvalue weighted by molar-refractivity contribution is 0.0593. The van der Waals surface area contributed by atoms with Crippen LogP contribution in [0.2, 0.25) is 0 Å². The maximum absolute atomic E-state index is 11.1. The summed E-state index contributed by atoms with van der Waals surface area (Å²) in [5.74, 6) is 0.134. The molecule has 2 rings (SSSR count). The average molecular weight is 264 g/mol. The first-order valence-corrected chi connectivity index (χ1v) is 6.25. The molecule has 0 bridgehead atoms. The fraction of sp³-hybridized carbons (Fsp3) is 0.273. The molecule has 0 aromatic carbocycles. The SMILES string of the molecule is COC(=O)c1cnc(NCCc2cscn2)cn1. The lowest BCUT2D eigenvalue weighted by Crippen LogP contribution is -2.09. The van der Waals surface area contributed by atoms with E-state index in [-0.39, 0.29) is 5.69 Å². The van der Waals surface area contributed by atoms with Crippen molar-refractivity contribution in [2.24, 2.45) is 0 Å². The zero-order valence-corrected chi connectivity index (χ0v) is 10.6. The van der Waals surface area contributed by atoms with Crippen molar-refractivity contribution in [3.05, 3.63) is 34.7 Å². The summed E-state index contributed by atoms with van der Waals surface area (Å²) in [7, 11) is 1.31. The predicted molar refractivity (Wildman–Crippen MR) is 67.7 cm³/mol. The van der Waals surface area contributed by atoms with Crippen molar-refractivity contribution in [3.8, 4) is 0 Å². The first-order chi connectivity index (χ1) is 8.79.